The van der Waals surface area contributed by atoms with Gasteiger partial charge in [-0.15, -0.1) is 0 Å². The molecule has 1 atom stereocenters. The molecule has 150 valence electrons. The summed E-state index contributed by atoms with van der Waals surface area (Å²) in [4.78, 5) is 14.2. The average molecular weight is 379 g/mol. The summed E-state index contributed by atoms with van der Waals surface area (Å²) in [5, 5.41) is 0. The largest absolute Gasteiger partial charge is 0.486 e. The highest BCUT2D eigenvalue weighted by Gasteiger charge is 2.38. The second kappa shape index (κ2) is 10.0. The first-order valence-corrected chi connectivity index (χ1v) is 9.59. The number of nitrogens with zero attached hydrogens (tertiary/aromatic N) is 1. The summed E-state index contributed by atoms with van der Waals surface area (Å²) in [5.74, 6) is -0.874. The molecule has 0 aromatic carbocycles. The van der Waals surface area contributed by atoms with Crippen molar-refractivity contribution in [3.63, 3.8) is 0 Å². The first-order valence-electron chi connectivity index (χ1n) is 9.59. The van der Waals surface area contributed by atoms with Gasteiger partial charge in [-0.25, -0.2) is 4.79 Å². The van der Waals surface area contributed by atoms with E-state index < -0.39 is 5.79 Å². The van der Waals surface area contributed by atoms with Crippen LogP contribution in [0.15, 0.2) is 36.1 Å². The van der Waals surface area contributed by atoms with E-state index in [2.05, 4.69) is 11.0 Å². The predicted octanol–water partition coefficient (Wildman–Crippen LogP) is 2.15. The second-order valence-corrected chi connectivity index (χ2v) is 6.93. The van der Waals surface area contributed by atoms with E-state index in [0.717, 1.165) is 44.7 Å². The van der Waals surface area contributed by atoms with E-state index in [9.17, 15) is 4.79 Å². The van der Waals surface area contributed by atoms with Crippen LogP contribution >= 0.6 is 0 Å². The van der Waals surface area contributed by atoms with E-state index in [1.54, 1.807) is 25.3 Å². The number of allylic oxidation sites excluding steroid dienone is 2. The third kappa shape index (κ3) is 6.46. The molecular formula is C20H29NO6. The summed E-state index contributed by atoms with van der Waals surface area (Å²) in [5.41, 5.74) is 1.04. The highest BCUT2D eigenvalue weighted by atomic mass is 16.7. The van der Waals surface area contributed by atoms with Gasteiger partial charge in [-0.3, -0.25) is 4.90 Å². The number of rotatable bonds is 7. The lowest BCUT2D eigenvalue weighted by Gasteiger charge is -2.30. The van der Waals surface area contributed by atoms with Crippen LogP contribution < -0.4 is 0 Å². The standard InChI is InChI=1S/C20H29NO6/c1-17(6-10-24-16-21-8-11-23-12-9-21)27-19(22)5-4-18-3-2-7-20(15-18)25-13-14-26-20/h3-6,10,17H,2,7-9,11-16H2,1H3/b5-4+,10-6-/t17-/m1/s1. The van der Waals surface area contributed by atoms with Crippen molar-refractivity contribution in [2.24, 2.45) is 0 Å². The Labute approximate surface area is 160 Å². The maximum Gasteiger partial charge on any atom is 0.331 e. The number of hydrogen-bond donors (Lipinski definition) is 0. The fraction of sp³-hybridized carbons (Fsp3) is 0.650. The van der Waals surface area contributed by atoms with Crippen LogP contribution in [0.5, 0.6) is 0 Å². The second-order valence-electron chi connectivity index (χ2n) is 6.93. The molecule has 3 aliphatic rings. The summed E-state index contributed by atoms with van der Waals surface area (Å²) >= 11 is 0. The Bertz CT molecular complexity index is 573. The summed E-state index contributed by atoms with van der Waals surface area (Å²) in [6.07, 6.45) is 10.7. The van der Waals surface area contributed by atoms with Crippen molar-refractivity contribution in [1.82, 2.24) is 4.90 Å². The lowest BCUT2D eigenvalue weighted by molar-refractivity contribution is -0.162. The smallest absolute Gasteiger partial charge is 0.331 e. The molecule has 7 heteroatoms. The lowest BCUT2D eigenvalue weighted by Crippen LogP contribution is -2.37. The van der Waals surface area contributed by atoms with E-state index >= 15 is 0 Å². The summed E-state index contributed by atoms with van der Waals surface area (Å²) in [6.45, 7) is 6.81. The molecule has 0 unspecified atom stereocenters. The van der Waals surface area contributed by atoms with Crippen LogP contribution in [0.3, 0.4) is 0 Å². The van der Waals surface area contributed by atoms with Gasteiger partial charge in [0.25, 0.3) is 0 Å². The van der Waals surface area contributed by atoms with Crippen molar-refractivity contribution in [2.45, 2.75) is 38.1 Å². The summed E-state index contributed by atoms with van der Waals surface area (Å²) < 4.78 is 27.6. The monoisotopic (exact) mass is 379 g/mol. The van der Waals surface area contributed by atoms with Crippen LogP contribution in [0, 0.1) is 0 Å². The zero-order valence-electron chi connectivity index (χ0n) is 15.9. The van der Waals surface area contributed by atoms with Gasteiger partial charge >= 0.3 is 5.97 Å². The van der Waals surface area contributed by atoms with Gasteiger partial charge < -0.3 is 23.7 Å². The van der Waals surface area contributed by atoms with Gasteiger partial charge in [0.2, 0.25) is 0 Å². The normalized spacial score (nSPS) is 24.4. The molecular weight excluding hydrogens is 350 g/mol. The van der Waals surface area contributed by atoms with Crippen molar-refractivity contribution in [2.75, 3.05) is 46.2 Å². The number of ether oxygens (including phenoxy) is 5. The van der Waals surface area contributed by atoms with Gasteiger partial charge in [-0.2, -0.15) is 0 Å². The Hall–Kier alpha value is -1.67. The zero-order valence-corrected chi connectivity index (χ0v) is 15.9. The third-order valence-corrected chi connectivity index (χ3v) is 4.76. The Kier molecular flexibility index (Phi) is 7.46. The van der Waals surface area contributed by atoms with Crippen LogP contribution in [-0.2, 0) is 28.5 Å². The topological polar surface area (TPSA) is 66.5 Å². The predicted molar refractivity (Wildman–Crippen MR) is 98.7 cm³/mol. The summed E-state index contributed by atoms with van der Waals surface area (Å²) in [7, 11) is 0. The Morgan fingerprint density at radius 1 is 1.30 bits per heavy atom. The zero-order chi connectivity index (χ0) is 19.0. The molecule has 0 bridgehead atoms. The van der Waals surface area contributed by atoms with Gasteiger partial charge in [-0.1, -0.05) is 12.2 Å². The van der Waals surface area contributed by atoms with Crippen LogP contribution in [0.2, 0.25) is 0 Å². The maximum atomic E-state index is 12.0. The van der Waals surface area contributed by atoms with E-state index in [-0.39, 0.29) is 12.1 Å². The molecule has 1 aliphatic carbocycles. The highest BCUT2D eigenvalue weighted by Crippen LogP contribution is 2.36. The van der Waals surface area contributed by atoms with Crippen molar-refractivity contribution < 1.29 is 28.5 Å². The molecule has 2 saturated heterocycles. The molecule has 0 saturated carbocycles. The van der Waals surface area contributed by atoms with Crippen molar-refractivity contribution >= 4 is 5.97 Å². The number of hydrogen-bond acceptors (Lipinski definition) is 7. The molecule has 2 aliphatic heterocycles. The maximum absolute atomic E-state index is 12.0. The molecule has 0 N–H and O–H groups in total. The van der Waals surface area contributed by atoms with Crippen LogP contribution in [0.4, 0.5) is 0 Å². The number of esters is 1. The van der Waals surface area contributed by atoms with E-state index in [4.69, 9.17) is 23.7 Å². The van der Waals surface area contributed by atoms with Crippen molar-refractivity contribution in [1.29, 1.82) is 0 Å². The lowest BCUT2D eigenvalue weighted by atomic mass is 9.93. The van der Waals surface area contributed by atoms with Crippen LogP contribution in [0.1, 0.15) is 26.2 Å². The number of carbonyl (C=O) groups excluding carboxylic acids is 1. The molecule has 0 aromatic rings. The van der Waals surface area contributed by atoms with Crippen molar-refractivity contribution in [3.8, 4) is 0 Å². The first kappa shape index (κ1) is 20.1. The minimum Gasteiger partial charge on any atom is -0.486 e. The van der Waals surface area contributed by atoms with Crippen LogP contribution in [-0.4, -0.2) is 69.0 Å². The number of morpholine rings is 1. The van der Waals surface area contributed by atoms with Crippen LogP contribution in [0.25, 0.3) is 0 Å². The Morgan fingerprint density at radius 2 is 2.07 bits per heavy atom. The van der Waals surface area contributed by atoms with Gasteiger partial charge in [0.1, 0.15) is 12.8 Å². The molecule has 7 nitrogen and oxygen atoms in total. The Balaban J connectivity index is 1.36. The molecule has 0 amide bonds. The SMILES string of the molecule is C[C@H](/C=C\OCN1CCOCC1)OC(=O)/C=C/C1=CCCC2(C1)OCCO2. The van der Waals surface area contributed by atoms with E-state index in [1.165, 1.54) is 6.08 Å². The molecule has 1 spiro atoms. The Morgan fingerprint density at radius 3 is 2.85 bits per heavy atom. The first-order chi connectivity index (χ1) is 13.2. The third-order valence-electron chi connectivity index (χ3n) is 4.76. The summed E-state index contributed by atoms with van der Waals surface area (Å²) in [6, 6.07) is 0. The molecule has 3 rings (SSSR count). The van der Waals surface area contributed by atoms with E-state index in [1.807, 2.05) is 0 Å². The van der Waals surface area contributed by atoms with Gasteiger partial charge in [0.05, 0.1) is 32.7 Å². The molecule has 27 heavy (non-hydrogen) atoms. The quantitative estimate of drug-likeness (QED) is 0.381. The highest BCUT2D eigenvalue weighted by molar-refractivity contribution is 5.82. The average Bonchev–Trinajstić information content (AvgIpc) is 3.12. The molecule has 0 aromatic heterocycles. The van der Waals surface area contributed by atoms with Gasteiger partial charge in [0, 0.05) is 32.0 Å². The minimum atomic E-state index is -0.494. The number of carbonyl (C=O) groups is 1. The van der Waals surface area contributed by atoms with Crippen molar-refractivity contribution in [3.05, 3.63) is 36.1 Å². The fourth-order valence-electron chi connectivity index (χ4n) is 3.30. The molecule has 0 radical (unpaired) electrons. The molecule has 2 heterocycles. The van der Waals surface area contributed by atoms with Gasteiger partial charge in [0.15, 0.2) is 5.79 Å². The fourth-order valence-corrected chi connectivity index (χ4v) is 3.30. The molecule has 2 fully saturated rings. The van der Waals surface area contributed by atoms with E-state index in [0.29, 0.717) is 26.4 Å². The minimum absolute atomic E-state index is 0.361. The van der Waals surface area contributed by atoms with Gasteiger partial charge in [-0.05, 0) is 25.0 Å².